The van der Waals surface area contributed by atoms with Gasteiger partial charge in [-0.3, -0.25) is 4.79 Å². The van der Waals surface area contributed by atoms with Gasteiger partial charge in [-0.05, 0) is 31.5 Å². The first-order valence-electron chi connectivity index (χ1n) is 8.38. The molecule has 26 heavy (non-hydrogen) atoms. The Morgan fingerprint density at radius 3 is 2.62 bits per heavy atom. The Morgan fingerprint density at radius 1 is 1.19 bits per heavy atom. The van der Waals surface area contributed by atoms with Gasteiger partial charge >= 0.3 is 0 Å². The van der Waals surface area contributed by atoms with E-state index in [1.807, 2.05) is 38.1 Å². The molecule has 1 N–H and O–H groups in total. The zero-order chi connectivity index (χ0) is 18.4. The number of hydrogen-bond donors (Lipinski definition) is 1. The molecule has 1 amide bonds. The minimum Gasteiger partial charge on any atom is -0.351 e. The summed E-state index contributed by atoms with van der Waals surface area (Å²) < 4.78 is 1.70. The maximum Gasteiger partial charge on any atom is 0.273 e. The van der Waals surface area contributed by atoms with Crippen LogP contribution in [0.1, 0.15) is 35.1 Å². The van der Waals surface area contributed by atoms with E-state index in [1.165, 1.54) is 11.8 Å². The topological polar surface area (TPSA) is 85.6 Å². The molecule has 0 aliphatic carbocycles. The second-order valence-electron chi connectivity index (χ2n) is 5.71. The molecule has 0 unspecified atom stereocenters. The molecule has 0 atom stereocenters. The second kappa shape index (κ2) is 8.57. The summed E-state index contributed by atoms with van der Waals surface area (Å²) in [5, 5.41) is 11.8. The summed E-state index contributed by atoms with van der Waals surface area (Å²) in [6.07, 6.45) is 4.25. The van der Waals surface area contributed by atoms with Crippen LogP contribution in [0.15, 0.2) is 47.9 Å². The molecular weight excluding hydrogens is 348 g/mol. The van der Waals surface area contributed by atoms with Gasteiger partial charge in [0.05, 0.1) is 11.4 Å². The SMILES string of the molecule is CCCNC(=O)c1nnn(-c2ccc(C)cc2)c1CSc1ncccn1. The zero-order valence-corrected chi connectivity index (χ0v) is 15.5. The van der Waals surface area contributed by atoms with Crippen LogP contribution in [0.25, 0.3) is 5.69 Å². The number of aromatic nitrogens is 5. The van der Waals surface area contributed by atoms with Gasteiger partial charge in [0.2, 0.25) is 0 Å². The van der Waals surface area contributed by atoms with Gasteiger partial charge in [0, 0.05) is 24.7 Å². The van der Waals surface area contributed by atoms with Crippen molar-refractivity contribution in [2.24, 2.45) is 0 Å². The van der Waals surface area contributed by atoms with Crippen molar-refractivity contribution in [1.29, 1.82) is 0 Å². The van der Waals surface area contributed by atoms with Gasteiger partial charge in [-0.1, -0.05) is 41.6 Å². The Labute approximate surface area is 156 Å². The zero-order valence-electron chi connectivity index (χ0n) is 14.7. The number of carbonyl (C=O) groups excluding carboxylic acids is 1. The number of aryl methyl sites for hydroxylation is 1. The largest absolute Gasteiger partial charge is 0.351 e. The predicted octanol–water partition coefficient (Wildman–Crippen LogP) is 2.80. The lowest BCUT2D eigenvalue weighted by atomic mass is 10.2. The van der Waals surface area contributed by atoms with Crippen LogP contribution >= 0.6 is 11.8 Å². The summed E-state index contributed by atoms with van der Waals surface area (Å²) in [6, 6.07) is 9.71. The van der Waals surface area contributed by atoms with E-state index < -0.39 is 0 Å². The number of nitrogens with one attached hydrogen (secondary N) is 1. The molecule has 3 aromatic rings. The van der Waals surface area contributed by atoms with Gasteiger partial charge in [0.25, 0.3) is 5.91 Å². The molecule has 0 aliphatic rings. The Balaban J connectivity index is 1.92. The quantitative estimate of drug-likeness (QED) is 0.510. The van der Waals surface area contributed by atoms with Crippen LogP contribution in [0, 0.1) is 6.92 Å². The number of hydrogen-bond acceptors (Lipinski definition) is 6. The molecular formula is C18H20N6OS. The maximum absolute atomic E-state index is 12.5. The molecule has 7 nitrogen and oxygen atoms in total. The fourth-order valence-electron chi connectivity index (χ4n) is 2.32. The van der Waals surface area contributed by atoms with Crippen molar-refractivity contribution in [2.45, 2.75) is 31.2 Å². The van der Waals surface area contributed by atoms with Crippen molar-refractivity contribution in [3.05, 3.63) is 59.7 Å². The van der Waals surface area contributed by atoms with Crippen molar-refractivity contribution in [2.75, 3.05) is 6.54 Å². The van der Waals surface area contributed by atoms with E-state index in [2.05, 4.69) is 25.6 Å². The van der Waals surface area contributed by atoms with Gasteiger partial charge < -0.3 is 5.32 Å². The van der Waals surface area contributed by atoms with E-state index in [4.69, 9.17) is 0 Å². The number of rotatable bonds is 7. The highest BCUT2D eigenvalue weighted by Crippen LogP contribution is 2.22. The Morgan fingerprint density at radius 2 is 1.92 bits per heavy atom. The number of benzene rings is 1. The standard InChI is InChI=1S/C18H20N6OS/c1-3-9-19-17(25)16-15(12-26-18-20-10-4-11-21-18)24(23-22-16)14-7-5-13(2)6-8-14/h4-8,10-11H,3,9,12H2,1-2H3,(H,19,25). The molecule has 0 saturated heterocycles. The van der Waals surface area contributed by atoms with Crippen molar-refractivity contribution in [3.8, 4) is 5.69 Å². The van der Waals surface area contributed by atoms with E-state index in [0.717, 1.165) is 23.4 Å². The third-order valence-corrected chi connectivity index (χ3v) is 4.56. The molecule has 2 aromatic heterocycles. The van der Waals surface area contributed by atoms with Crippen molar-refractivity contribution in [3.63, 3.8) is 0 Å². The molecule has 0 radical (unpaired) electrons. The molecule has 0 bridgehead atoms. The Bertz CT molecular complexity index is 863. The average molecular weight is 368 g/mol. The van der Waals surface area contributed by atoms with E-state index in [1.54, 1.807) is 23.1 Å². The number of nitrogens with zero attached hydrogens (tertiary/aromatic N) is 5. The van der Waals surface area contributed by atoms with E-state index in [9.17, 15) is 4.79 Å². The summed E-state index contributed by atoms with van der Waals surface area (Å²) in [7, 11) is 0. The molecule has 0 aliphatic heterocycles. The molecule has 134 valence electrons. The van der Waals surface area contributed by atoms with Gasteiger partial charge in [0.1, 0.15) is 0 Å². The molecule has 0 spiro atoms. The highest BCUT2D eigenvalue weighted by atomic mass is 32.2. The average Bonchev–Trinajstić information content (AvgIpc) is 3.10. The van der Waals surface area contributed by atoms with Crippen molar-refractivity contribution >= 4 is 17.7 Å². The summed E-state index contributed by atoms with van der Waals surface area (Å²) >= 11 is 1.44. The van der Waals surface area contributed by atoms with Crippen molar-refractivity contribution < 1.29 is 4.79 Å². The Kier molecular flexibility index (Phi) is 5.96. The van der Waals surface area contributed by atoms with Crippen LogP contribution in [0.4, 0.5) is 0 Å². The third kappa shape index (κ3) is 4.26. The summed E-state index contributed by atoms with van der Waals surface area (Å²) in [5.41, 5.74) is 3.08. The first-order valence-corrected chi connectivity index (χ1v) is 9.37. The van der Waals surface area contributed by atoms with Crippen LogP contribution < -0.4 is 5.32 Å². The molecule has 2 heterocycles. The van der Waals surface area contributed by atoms with Gasteiger partial charge in [-0.15, -0.1) is 5.10 Å². The van der Waals surface area contributed by atoms with E-state index >= 15 is 0 Å². The lowest BCUT2D eigenvalue weighted by Crippen LogP contribution is -2.25. The van der Waals surface area contributed by atoms with Crippen LogP contribution in [0.3, 0.4) is 0 Å². The van der Waals surface area contributed by atoms with Gasteiger partial charge in [-0.25, -0.2) is 14.6 Å². The number of thioether (sulfide) groups is 1. The molecule has 0 fully saturated rings. The lowest BCUT2D eigenvalue weighted by molar-refractivity contribution is 0.0948. The first kappa shape index (κ1) is 18.1. The summed E-state index contributed by atoms with van der Waals surface area (Å²) in [5.74, 6) is 0.273. The minimum atomic E-state index is -0.213. The normalized spacial score (nSPS) is 10.7. The van der Waals surface area contributed by atoms with E-state index in [0.29, 0.717) is 23.1 Å². The highest BCUT2D eigenvalue weighted by Gasteiger charge is 2.20. The highest BCUT2D eigenvalue weighted by molar-refractivity contribution is 7.98. The van der Waals surface area contributed by atoms with E-state index in [-0.39, 0.29) is 5.91 Å². The summed E-state index contributed by atoms with van der Waals surface area (Å²) in [4.78, 5) is 20.9. The lowest BCUT2D eigenvalue weighted by Gasteiger charge is -2.08. The van der Waals surface area contributed by atoms with Crippen molar-refractivity contribution in [1.82, 2.24) is 30.3 Å². The Hall–Kier alpha value is -2.74. The predicted molar refractivity (Wildman–Crippen MR) is 100 cm³/mol. The van der Waals surface area contributed by atoms with Crippen LogP contribution in [-0.2, 0) is 5.75 Å². The van der Waals surface area contributed by atoms with Gasteiger partial charge in [-0.2, -0.15) is 0 Å². The maximum atomic E-state index is 12.5. The fourth-order valence-corrected chi connectivity index (χ4v) is 3.11. The number of amides is 1. The molecule has 0 saturated carbocycles. The smallest absolute Gasteiger partial charge is 0.273 e. The van der Waals surface area contributed by atoms with Crippen LogP contribution in [0.5, 0.6) is 0 Å². The summed E-state index contributed by atoms with van der Waals surface area (Å²) in [6.45, 7) is 4.63. The monoisotopic (exact) mass is 368 g/mol. The molecule has 8 heteroatoms. The number of carbonyl (C=O) groups is 1. The molecule has 3 rings (SSSR count). The third-order valence-electron chi connectivity index (χ3n) is 3.67. The fraction of sp³-hybridized carbons (Fsp3) is 0.278. The second-order valence-corrected chi connectivity index (χ2v) is 6.65. The first-order chi connectivity index (χ1) is 12.7. The minimum absolute atomic E-state index is 0.213. The van der Waals surface area contributed by atoms with Gasteiger partial charge in [0.15, 0.2) is 10.9 Å². The van der Waals surface area contributed by atoms with Crippen LogP contribution in [0.2, 0.25) is 0 Å². The molecule has 1 aromatic carbocycles. The van der Waals surface area contributed by atoms with Crippen LogP contribution in [-0.4, -0.2) is 37.4 Å².